The van der Waals surface area contributed by atoms with Gasteiger partial charge in [0.2, 0.25) is 5.89 Å². The Morgan fingerprint density at radius 2 is 1.97 bits per heavy atom. The first-order chi connectivity index (χ1) is 14.6. The van der Waals surface area contributed by atoms with E-state index in [2.05, 4.69) is 32.2 Å². The van der Waals surface area contributed by atoms with E-state index in [0.717, 1.165) is 24.2 Å². The average molecular weight is 403 g/mol. The number of hydrogen-bond donors (Lipinski definition) is 0. The van der Waals surface area contributed by atoms with Crippen LogP contribution >= 0.6 is 0 Å². The number of methoxy groups -OCH3 is 1. The standard InChI is InChI=1S/C22H21N5O3/c1-13-9-23-10-18-20(13)22(28)27(12-24-18)11-19-25-21(26-30-19)16-7-15(8-16)14-3-5-17(29-2)6-4-14/h3-6,9-10,12,15-16H,7-8,11H2,1-2H3. The summed E-state index contributed by atoms with van der Waals surface area (Å²) in [6, 6.07) is 8.19. The maximum atomic E-state index is 12.8. The zero-order valence-electron chi connectivity index (χ0n) is 16.8. The van der Waals surface area contributed by atoms with E-state index in [1.807, 2.05) is 19.1 Å². The summed E-state index contributed by atoms with van der Waals surface area (Å²) in [6.07, 6.45) is 6.72. The lowest BCUT2D eigenvalue weighted by Crippen LogP contribution is -2.22. The molecule has 1 aromatic carbocycles. The summed E-state index contributed by atoms with van der Waals surface area (Å²) in [5, 5.41) is 4.71. The van der Waals surface area contributed by atoms with Crippen LogP contribution in [-0.2, 0) is 6.54 Å². The van der Waals surface area contributed by atoms with Gasteiger partial charge in [0.1, 0.15) is 12.3 Å². The van der Waals surface area contributed by atoms with Crippen molar-refractivity contribution in [1.82, 2.24) is 24.7 Å². The summed E-state index contributed by atoms with van der Waals surface area (Å²) in [7, 11) is 1.67. The SMILES string of the molecule is COc1ccc(C2CC(c3noc(Cn4cnc5cncc(C)c5c4=O)n3)C2)cc1. The van der Waals surface area contributed by atoms with Crippen molar-refractivity contribution in [2.24, 2.45) is 0 Å². The first-order valence-electron chi connectivity index (χ1n) is 9.88. The van der Waals surface area contributed by atoms with Gasteiger partial charge in [0.15, 0.2) is 5.82 Å². The monoisotopic (exact) mass is 403 g/mol. The lowest BCUT2D eigenvalue weighted by Gasteiger charge is -2.33. The van der Waals surface area contributed by atoms with Crippen LogP contribution in [0.4, 0.5) is 0 Å². The highest BCUT2D eigenvalue weighted by atomic mass is 16.5. The molecule has 0 N–H and O–H groups in total. The van der Waals surface area contributed by atoms with Gasteiger partial charge in [-0.2, -0.15) is 4.98 Å². The number of pyridine rings is 1. The van der Waals surface area contributed by atoms with E-state index in [-0.39, 0.29) is 18.0 Å². The van der Waals surface area contributed by atoms with Crippen LogP contribution in [-0.4, -0.2) is 31.8 Å². The van der Waals surface area contributed by atoms with Gasteiger partial charge in [0.05, 0.1) is 30.5 Å². The molecule has 30 heavy (non-hydrogen) atoms. The molecule has 152 valence electrons. The molecule has 8 heteroatoms. The zero-order valence-corrected chi connectivity index (χ0v) is 16.8. The number of aromatic nitrogens is 5. The van der Waals surface area contributed by atoms with E-state index in [9.17, 15) is 4.79 Å². The number of aryl methyl sites for hydroxylation is 1. The van der Waals surface area contributed by atoms with Gasteiger partial charge in [-0.05, 0) is 48.9 Å². The number of fused-ring (bicyclic) bond motifs is 1. The summed E-state index contributed by atoms with van der Waals surface area (Å²) in [6.45, 7) is 2.05. The van der Waals surface area contributed by atoms with Crippen LogP contribution in [0.25, 0.3) is 10.9 Å². The van der Waals surface area contributed by atoms with Crippen LogP contribution in [0, 0.1) is 6.92 Å². The molecule has 0 bridgehead atoms. The van der Waals surface area contributed by atoms with Crippen molar-refractivity contribution in [2.75, 3.05) is 7.11 Å². The number of rotatable bonds is 5. The van der Waals surface area contributed by atoms with Gasteiger partial charge in [-0.1, -0.05) is 17.3 Å². The molecule has 0 atom stereocenters. The minimum atomic E-state index is -0.136. The lowest BCUT2D eigenvalue weighted by molar-refractivity contribution is 0.315. The molecule has 0 amide bonds. The Labute approximate surface area is 172 Å². The van der Waals surface area contributed by atoms with Crippen LogP contribution in [0.15, 0.2) is 52.3 Å². The van der Waals surface area contributed by atoms with Crippen molar-refractivity contribution in [3.05, 3.63) is 76.2 Å². The molecule has 1 aliphatic carbocycles. The zero-order chi connectivity index (χ0) is 20.7. The van der Waals surface area contributed by atoms with E-state index >= 15 is 0 Å². The summed E-state index contributed by atoms with van der Waals surface area (Å²) in [4.78, 5) is 25.7. The second kappa shape index (κ2) is 7.37. The second-order valence-corrected chi connectivity index (χ2v) is 7.71. The van der Waals surface area contributed by atoms with Gasteiger partial charge in [-0.15, -0.1) is 0 Å². The molecule has 1 fully saturated rings. The first kappa shape index (κ1) is 18.5. The topological polar surface area (TPSA) is 95.9 Å². The molecule has 8 nitrogen and oxygen atoms in total. The molecule has 3 aromatic heterocycles. The van der Waals surface area contributed by atoms with Crippen LogP contribution in [0.2, 0.25) is 0 Å². The summed E-state index contributed by atoms with van der Waals surface area (Å²) >= 11 is 0. The number of benzene rings is 1. The molecule has 0 saturated heterocycles. The Morgan fingerprint density at radius 1 is 1.17 bits per heavy atom. The minimum absolute atomic E-state index is 0.136. The van der Waals surface area contributed by atoms with Gasteiger partial charge >= 0.3 is 0 Å². The Morgan fingerprint density at radius 3 is 2.73 bits per heavy atom. The molecule has 5 rings (SSSR count). The van der Waals surface area contributed by atoms with Crippen molar-refractivity contribution < 1.29 is 9.26 Å². The molecular weight excluding hydrogens is 382 g/mol. The highest BCUT2D eigenvalue weighted by Gasteiger charge is 2.34. The highest BCUT2D eigenvalue weighted by molar-refractivity contribution is 5.79. The predicted octanol–water partition coefficient (Wildman–Crippen LogP) is 3.20. The second-order valence-electron chi connectivity index (χ2n) is 7.71. The Bertz CT molecular complexity index is 1260. The van der Waals surface area contributed by atoms with Crippen molar-refractivity contribution in [1.29, 1.82) is 0 Å². The Balaban J connectivity index is 1.29. The third-order valence-electron chi connectivity index (χ3n) is 5.81. The molecule has 0 spiro atoms. The van der Waals surface area contributed by atoms with Gasteiger partial charge in [0, 0.05) is 12.1 Å². The van der Waals surface area contributed by atoms with Crippen molar-refractivity contribution in [2.45, 2.75) is 38.1 Å². The summed E-state index contributed by atoms with van der Waals surface area (Å²) < 4.78 is 12.1. The maximum Gasteiger partial charge on any atom is 0.262 e. The molecule has 0 unspecified atom stereocenters. The highest BCUT2D eigenvalue weighted by Crippen LogP contribution is 2.46. The van der Waals surface area contributed by atoms with Gasteiger partial charge in [-0.3, -0.25) is 14.3 Å². The van der Waals surface area contributed by atoms with Gasteiger partial charge in [0.25, 0.3) is 5.56 Å². The molecule has 3 heterocycles. The molecule has 4 aromatic rings. The number of ether oxygens (including phenoxy) is 1. The van der Waals surface area contributed by atoms with E-state index in [0.29, 0.717) is 28.5 Å². The van der Waals surface area contributed by atoms with Gasteiger partial charge < -0.3 is 9.26 Å². The van der Waals surface area contributed by atoms with Crippen LogP contribution < -0.4 is 10.3 Å². The van der Waals surface area contributed by atoms with Crippen molar-refractivity contribution >= 4 is 10.9 Å². The largest absolute Gasteiger partial charge is 0.497 e. The predicted molar refractivity (Wildman–Crippen MR) is 110 cm³/mol. The molecule has 0 aliphatic heterocycles. The third kappa shape index (κ3) is 3.24. The fourth-order valence-corrected chi connectivity index (χ4v) is 3.99. The molecule has 1 aliphatic rings. The first-order valence-corrected chi connectivity index (χ1v) is 9.88. The van der Waals surface area contributed by atoms with E-state index in [1.165, 1.54) is 16.5 Å². The number of hydrogen-bond acceptors (Lipinski definition) is 7. The smallest absolute Gasteiger partial charge is 0.262 e. The maximum absolute atomic E-state index is 12.8. The molecule has 1 saturated carbocycles. The minimum Gasteiger partial charge on any atom is -0.497 e. The fraction of sp³-hybridized carbons (Fsp3) is 0.318. The quantitative estimate of drug-likeness (QED) is 0.505. The third-order valence-corrected chi connectivity index (χ3v) is 5.81. The molecule has 0 radical (unpaired) electrons. The van der Waals surface area contributed by atoms with Crippen LogP contribution in [0.5, 0.6) is 5.75 Å². The van der Waals surface area contributed by atoms with Gasteiger partial charge in [-0.25, -0.2) is 4.98 Å². The van der Waals surface area contributed by atoms with Crippen LogP contribution in [0.3, 0.4) is 0 Å². The lowest BCUT2D eigenvalue weighted by atomic mass is 9.71. The van der Waals surface area contributed by atoms with E-state index in [1.54, 1.807) is 19.5 Å². The number of nitrogens with zero attached hydrogens (tertiary/aromatic N) is 5. The molecular formula is C22H21N5O3. The van der Waals surface area contributed by atoms with E-state index < -0.39 is 0 Å². The van der Waals surface area contributed by atoms with Crippen molar-refractivity contribution in [3.63, 3.8) is 0 Å². The average Bonchev–Trinajstić information content (AvgIpc) is 3.17. The summed E-state index contributed by atoms with van der Waals surface area (Å²) in [5.74, 6) is 2.74. The van der Waals surface area contributed by atoms with Crippen LogP contribution in [0.1, 0.15) is 47.5 Å². The van der Waals surface area contributed by atoms with E-state index in [4.69, 9.17) is 9.26 Å². The summed E-state index contributed by atoms with van der Waals surface area (Å²) in [5.41, 5.74) is 2.54. The Kier molecular flexibility index (Phi) is 4.54. The fourth-order valence-electron chi connectivity index (χ4n) is 3.99. The van der Waals surface area contributed by atoms with Crippen molar-refractivity contribution in [3.8, 4) is 5.75 Å². The Hall–Kier alpha value is -3.55. The normalized spacial score (nSPS) is 18.3.